The van der Waals surface area contributed by atoms with Crippen molar-refractivity contribution in [3.8, 4) is 5.75 Å². The summed E-state index contributed by atoms with van der Waals surface area (Å²) < 4.78 is 5.82. The highest BCUT2D eigenvalue weighted by Crippen LogP contribution is 2.19. The van der Waals surface area contributed by atoms with Gasteiger partial charge in [0.15, 0.2) is 0 Å². The van der Waals surface area contributed by atoms with Crippen LogP contribution in [-0.4, -0.2) is 31.1 Å². The summed E-state index contributed by atoms with van der Waals surface area (Å²) >= 11 is 0. The van der Waals surface area contributed by atoms with Gasteiger partial charge in [-0.15, -0.1) is 0 Å². The van der Waals surface area contributed by atoms with Crippen LogP contribution in [0.4, 0.5) is 0 Å². The highest BCUT2D eigenvalue weighted by molar-refractivity contribution is 5.28. The van der Waals surface area contributed by atoms with E-state index in [4.69, 9.17) is 10.5 Å². The third-order valence-electron chi connectivity index (χ3n) is 3.99. The summed E-state index contributed by atoms with van der Waals surface area (Å²) in [4.78, 5) is 2.53. The molecule has 1 saturated heterocycles. The number of benzene rings is 1. The van der Waals surface area contributed by atoms with Gasteiger partial charge >= 0.3 is 0 Å². The smallest absolute Gasteiger partial charge is 0.119 e. The van der Waals surface area contributed by atoms with Crippen LogP contribution in [0, 0.1) is 5.92 Å². The van der Waals surface area contributed by atoms with Gasteiger partial charge in [0.25, 0.3) is 0 Å². The van der Waals surface area contributed by atoms with E-state index >= 15 is 0 Å². The Bertz CT molecular complexity index is 381. The third kappa shape index (κ3) is 4.51. The summed E-state index contributed by atoms with van der Waals surface area (Å²) in [5.41, 5.74) is 6.76. The second kappa shape index (κ2) is 7.51. The predicted octanol–water partition coefficient (Wildman–Crippen LogP) is 2.65. The van der Waals surface area contributed by atoms with Gasteiger partial charge in [-0.2, -0.15) is 0 Å². The van der Waals surface area contributed by atoms with E-state index in [2.05, 4.69) is 11.8 Å². The van der Waals surface area contributed by atoms with E-state index in [0.29, 0.717) is 6.54 Å². The van der Waals surface area contributed by atoms with Crippen LogP contribution in [0.1, 0.15) is 31.7 Å². The Morgan fingerprint density at radius 2 is 2.32 bits per heavy atom. The number of hydrogen-bond acceptors (Lipinski definition) is 3. The number of rotatable bonds is 6. The van der Waals surface area contributed by atoms with Crippen molar-refractivity contribution in [1.82, 2.24) is 4.90 Å². The molecule has 1 unspecified atom stereocenters. The fourth-order valence-electron chi connectivity index (χ4n) is 2.74. The molecular formula is C16H26N2O. The maximum Gasteiger partial charge on any atom is 0.119 e. The lowest BCUT2D eigenvalue weighted by Gasteiger charge is -2.32. The molecule has 0 amide bonds. The molecule has 1 aromatic rings. The average molecular weight is 262 g/mol. The molecule has 0 saturated carbocycles. The van der Waals surface area contributed by atoms with Crippen LogP contribution in [0.3, 0.4) is 0 Å². The van der Waals surface area contributed by atoms with Crippen molar-refractivity contribution in [2.75, 3.05) is 26.2 Å². The molecule has 2 rings (SSSR count). The number of nitrogens with two attached hydrogens (primary N) is 1. The lowest BCUT2D eigenvalue weighted by Crippen LogP contribution is -2.37. The first-order valence-corrected chi connectivity index (χ1v) is 7.46. The summed E-state index contributed by atoms with van der Waals surface area (Å²) in [5.74, 6) is 1.82. The van der Waals surface area contributed by atoms with Crippen LogP contribution in [0.15, 0.2) is 24.3 Å². The van der Waals surface area contributed by atoms with Crippen LogP contribution in [0.5, 0.6) is 5.75 Å². The minimum atomic E-state index is 0.571. The molecule has 3 nitrogen and oxygen atoms in total. The fraction of sp³-hybridized carbons (Fsp3) is 0.625. The fourth-order valence-corrected chi connectivity index (χ4v) is 2.74. The van der Waals surface area contributed by atoms with Crippen LogP contribution >= 0.6 is 0 Å². The maximum absolute atomic E-state index is 5.82. The molecule has 1 heterocycles. The molecule has 0 spiro atoms. The Morgan fingerprint density at radius 1 is 1.42 bits per heavy atom. The molecule has 0 aliphatic carbocycles. The molecular weight excluding hydrogens is 236 g/mol. The molecule has 3 heteroatoms. The quantitative estimate of drug-likeness (QED) is 0.856. The third-order valence-corrected chi connectivity index (χ3v) is 3.99. The number of ether oxygens (including phenoxy) is 1. The molecule has 106 valence electrons. The topological polar surface area (TPSA) is 38.5 Å². The second-order valence-corrected chi connectivity index (χ2v) is 5.42. The Labute approximate surface area is 116 Å². The zero-order valence-corrected chi connectivity index (χ0v) is 12.0. The zero-order valence-electron chi connectivity index (χ0n) is 12.0. The van der Waals surface area contributed by atoms with E-state index in [-0.39, 0.29) is 0 Å². The Balaban J connectivity index is 1.73. The monoisotopic (exact) mass is 262 g/mol. The second-order valence-electron chi connectivity index (χ2n) is 5.42. The maximum atomic E-state index is 5.82. The summed E-state index contributed by atoms with van der Waals surface area (Å²) in [6, 6.07) is 8.07. The number of piperidine rings is 1. The Kier molecular flexibility index (Phi) is 5.67. The van der Waals surface area contributed by atoms with E-state index in [1.165, 1.54) is 32.4 Å². The molecule has 2 N–H and O–H groups in total. The molecule has 0 radical (unpaired) electrons. The van der Waals surface area contributed by atoms with Crippen molar-refractivity contribution in [1.29, 1.82) is 0 Å². The molecule has 1 aliphatic heterocycles. The summed E-state index contributed by atoms with van der Waals surface area (Å²) in [7, 11) is 0. The van der Waals surface area contributed by atoms with Gasteiger partial charge in [-0.3, -0.25) is 4.90 Å². The van der Waals surface area contributed by atoms with Gasteiger partial charge in [-0.1, -0.05) is 25.5 Å². The van der Waals surface area contributed by atoms with E-state index in [9.17, 15) is 0 Å². The van der Waals surface area contributed by atoms with Gasteiger partial charge in [-0.05, 0) is 43.0 Å². The lowest BCUT2D eigenvalue weighted by molar-refractivity contribution is 0.145. The summed E-state index contributed by atoms with van der Waals surface area (Å²) in [6.45, 7) is 7.13. The van der Waals surface area contributed by atoms with E-state index in [1.807, 2.05) is 24.3 Å². The van der Waals surface area contributed by atoms with E-state index in [1.54, 1.807) is 0 Å². The van der Waals surface area contributed by atoms with Crippen molar-refractivity contribution in [2.45, 2.75) is 32.7 Å². The van der Waals surface area contributed by atoms with Crippen LogP contribution in [0.25, 0.3) is 0 Å². The SMILES string of the molecule is CCC1CCCN(CCOc2cccc(CN)c2)C1. The summed E-state index contributed by atoms with van der Waals surface area (Å²) in [6.07, 6.45) is 4.03. The van der Waals surface area contributed by atoms with Crippen LogP contribution in [-0.2, 0) is 6.54 Å². The van der Waals surface area contributed by atoms with Crippen molar-refractivity contribution >= 4 is 0 Å². The number of nitrogens with zero attached hydrogens (tertiary/aromatic N) is 1. The Morgan fingerprint density at radius 3 is 3.11 bits per heavy atom. The molecule has 0 bridgehead atoms. The van der Waals surface area contributed by atoms with Crippen LogP contribution < -0.4 is 10.5 Å². The Hall–Kier alpha value is -1.06. The molecule has 1 atom stereocenters. The molecule has 0 aromatic heterocycles. The van der Waals surface area contributed by atoms with E-state index in [0.717, 1.165) is 30.4 Å². The first-order chi connectivity index (χ1) is 9.31. The van der Waals surface area contributed by atoms with Gasteiger partial charge in [-0.25, -0.2) is 0 Å². The van der Waals surface area contributed by atoms with Crippen molar-refractivity contribution in [3.05, 3.63) is 29.8 Å². The highest BCUT2D eigenvalue weighted by Gasteiger charge is 2.17. The van der Waals surface area contributed by atoms with Crippen molar-refractivity contribution < 1.29 is 4.74 Å². The normalized spacial score (nSPS) is 20.4. The minimum Gasteiger partial charge on any atom is -0.492 e. The zero-order chi connectivity index (χ0) is 13.5. The van der Waals surface area contributed by atoms with Crippen molar-refractivity contribution in [2.24, 2.45) is 11.7 Å². The predicted molar refractivity (Wildman–Crippen MR) is 79.3 cm³/mol. The lowest BCUT2D eigenvalue weighted by atomic mass is 9.96. The number of likely N-dealkylation sites (tertiary alicyclic amines) is 1. The van der Waals surface area contributed by atoms with E-state index < -0.39 is 0 Å². The first-order valence-electron chi connectivity index (χ1n) is 7.46. The molecule has 1 aliphatic rings. The first kappa shape index (κ1) is 14.4. The van der Waals surface area contributed by atoms with Gasteiger partial charge < -0.3 is 10.5 Å². The van der Waals surface area contributed by atoms with Crippen LogP contribution in [0.2, 0.25) is 0 Å². The van der Waals surface area contributed by atoms with Gasteiger partial charge in [0.05, 0.1) is 0 Å². The average Bonchev–Trinajstić information content (AvgIpc) is 2.48. The van der Waals surface area contributed by atoms with Gasteiger partial charge in [0.2, 0.25) is 0 Å². The van der Waals surface area contributed by atoms with Gasteiger partial charge in [0.1, 0.15) is 12.4 Å². The largest absolute Gasteiger partial charge is 0.492 e. The van der Waals surface area contributed by atoms with Gasteiger partial charge in [0, 0.05) is 19.6 Å². The summed E-state index contributed by atoms with van der Waals surface area (Å²) in [5, 5.41) is 0. The standard InChI is InChI=1S/C16H26N2O/c1-2-14-6-4-8-18(13-14)9-10-19-16-7-3-5-15(11-16)12-17/h3,5,7,11,14H,2,4,6,8-10,12-13,17H2,1H3. The number of hydrogen-bond donors (Lipinski definition) is 1. The highest BCUT2D eigenvalue weighted by atomic mass is 16.5. The molecule has 19 heavy (non-hydrogen) atoms. The minimum absolute atomic E-state index is 0.571. The molecule has 1 fully saturated rings. The van der Waals surface area contributed by atoms with Crippen molar-refractivity contribution in [3.63, 3.8) is 0 Å². The molecule has 1 aromatic carbocycles.